The minimum atomic E-state index is -0.0882. The summed E-state index contributed by atoms with van der Waals surface area (Å²) in [6.45, 7) is 4.26. The van der Waals surface area contributed by atoms with Gasteiger partial charge in [0.15, 0.2) is 0 Å². The van der Waals surface area contributed by atoms with E-state index >= 15 is 0 Å². The van der Waals surface area contributed by atoms with Crippen LogP contribution >= 0.6 is 12.2 Å². The van der Waals surface area contributed by atoms with Crippen LogP contribution in [0.15, 0.2) is 36.4 Å². The van der Waals surface area contributed by atoms with E-state index in [1.54, 1.807) is 7.05 Å². The summed E-state index contributed by atoms with van der Waals surface area (Å²) in [6, 6.07) is 11.5. The number of aliphatic hydroxyl groups is 1. The second-order valence-corrected chi connectivity index (χ2v) is 5.62. The highest BCUT2D eigenvalue weighted by molar-refractivity contribution is 7.80. The lowest BCUT2D eigenvalue weighted by atomic mass is 10.1. The first-order valence-electron chi connectivity index (χ1n) is 7.36. The molecule has 2 aromatic carbocycles. The van der Waals surface area contributed by atoms with Gasteiger partial charge in [-0.3, -0.25) is 0 Å². The van der Waals surface area contributed by atoms with Crippen molar-refractivity contribution in [2.45, 2.75) is 27.1 Å². The number of hydrogen-bond donors (Lipinski definition) is 2. The quantitative estimate of drug-likeness (QED) is 0.824. The third kappa shape index (κ3) is 4.43. The highest BCUT2D eigenvalue weighted by Crippen LogP contribution is 2.26. The summed E-state index contributed by atoms with van der Waals surface area (Å²) in [5.74, 6) is 1.39. The third-order valence-electron chi connectivity index (χ3n) is 3.51. The molecule has 0 fully saturated rings. The summed E-state index contributed by atoms with van der Waals surface area (Å²) >= 11 is 5.05. The Morgan fingerprint density at radius 2 is 1.96 bits per heavy atom. The maximum Gasteiger partial charge on any atom is 0.261 e. The van der Waals surface area contributed by atoms with Gasteiger partial charge in [0.1, 0.15) is 18.1 Å². The summed E-state index contributed by atoms with van der Waals surface area (Å²) in [5.41, 5.74) is 3.80. The lowest BCUT2D eigenvalue weighted by Gasteiger charge is -2.16. The van der Waals surface area contributed by atoms with Gasteiger partial charge in [-0.2, -0.15) is 0 Å². The van der Waals surface area contributed by atoms with Gasteiger partial charge in [-0.05, 0) is 49.3 Å². The Hall–Kier alpha value is -2.11. The first kappa shape index (κ1) is 17.2. The molecular formula is C18H21NO3S. The van der Waals surface area contributed by atoms with Gasteiger partial charge in [0.25, 0.3) is 5.17 Å². The van der Waals surface area contributed by atoms with Crippen LogP contribution in [-0.2, 0) is 13.2 Å². The van der Waals surface area contributed by atoms with Gasteiger partial charge >= 0.3 is 0 Å². The van der Waals surface area contributed by atoms with Crippen molar-refractivity contribution in [1.82, 2.24) is 5.32 Å². The Balaban J connectivity index is 2.24. The molecule has 2 N–H and O–H groups in total. The zero-order chi connectivity index (χ0) is 16.8. The summed E-state index contributed by atoms with van der Waals surface area (Å²) < 4.78 is 11.5. The van der Waals surface area contributed by atoms with E-state index in [9.17, 15) is 5.11 Å². The minimum absolute atomic E-state index is 0.0882. The Bertz CT molecular complexity index is 701. The summed E-state index contributed by atoms with van der Waals surface area (Å²) in [6.07, 6.45) is 0. The number of rotatable bonds is 5. The molecular weight excluding hydrogens is 310 g/mol. The topological polar surface area (TPSA) is 50.7 Å². The van der Waals surface area contributed by atoms with Crippen molar-refractivity contribution in [3.8, 4) is 11.5 Å². The SMILES string of the molecule is CNC(=S)Oc1cccc(CO)c1COc1ccc(C)cc1C. The fourth-order valence-corrected chi connectivity index (χ4v) is 2.37. The Morgan fingerprint density at radius 1 is 1.17 bits per heavy atom. The summed E-state index contributed by atoms with van der Waals surface area (Å²) in [7, 11) is 1.70. The average molecular weight is 331 g/mol. The van der Waals surface area contributed by atoms with Crippen LogP contribution in [0, 0.1) is 13.8 Å². The van der Waals surface area contributed by atoms with Crippen LogP contribution in [0.3, 0.4) is 0 Å². The van der Waals surface area contributed by atoms with Crippen LogP contribution < -0.4 is 14.8 Å². The van der Waals surface area contributed by atoms with E-state index in [-0.39, 0.29) is 11.8 Å². The molecule has 0 unspecified atom stereocenters. The molecule has 2 rings (SSSR count). The molecule has 4 nitrogen and oxygen atoms in total. The van der Waals surface area contributed by atoms with Gasteiger partial charge in [0.05, 0.1) is 6.61 Å². The number of benzene rings is 2. The van der Waals surface area contributed by atoms with Crippen molar-refractivity contribution < 1.29 is 14.6 Å². The minimum Gasteiger partial charge on any atom is -0.488 e. The number of ether oxygens (including phenoxy) is 2. The number of aliphatic hydroxyl groups excluding tert-OH is 1. The molecule has 0 radical (unpaired) electrons. The van der Waals surface area contributed by atoms with Gasteiger partial charge in [0.2, 0.25) is 0 Å². The monoisotopic (exact) mass is 331 g/mol. The smallest absolute Gasteiger partial charge is 0.261 e. The molecule has 122 valence electrons. The molecule has 23 heavy (non-hydrogen) atoms. The molecule has 0 saturated carbocycles. The maximum atomic E-state index is 9.56. The molecule has 0 spiro atoms. The van der Waals surface area contributed by atoms with Gasteiger partial charge < -0.3 is 19.9 Å². The molecule has 0 aliphatic rings. The first-order valence-corrected chi connectivity index (χ1v) is 7.77. The second-order valence-electron chi connectivity index (χ2n) is 5.25. The standard InChI is InChI=1S/C18H21NO3S/c1-12-7-8-16(13(2)9-12)21-11-15-14(10-20)5-4-6-17(15)22-18(23)19-3/h4-9,20H,10-11H2,1-3H3,(H,19,23). The third-order valence-corrected chi connectivity index (χ3v) is 3.80. The zero-order valence-electron chi connectivity index (χ0n) is 13.6. The maximum absolute atomic E-state index is 9.56. The van der Waals surface area contributed by atoms with Gasteiger partial charge in [-0.25, -0.2) is 0 Å². The number of aryl methyl sites for hydroxylation is 2. The van der Waals surface area contributed by atoms with Crippen LogP contribution in [0.5, 0.6) is 11.5 Å². The van der Waals surface area contributed by atoms with Crippen LogP contribution in [-0.4, -0.2) is 17.3 Å². The van der Waals surface area contributed by atoms with Crippen molar-refractivity contribution in [3.05, 3.63) is 58.7 Å². The highest BCUT2D eigenvalue weighted by Gasteiger charge is 2.12. The van der Waals surface area contributed by atoms with Crippen LogP contribution in [0.25, 0.3) is 0 Å². The van der Waals surface area contributed by atoms with E-state index in [1.807, 2.05) is 44.2 Å². The van der Waals surface area contributed by atoms with Gasteiger partial charge in [-0.1, -0.05) is 29.8 Å². The number of nitrogens with one attached hydrogen (secondary N) is 1. The Kier molecular flexibility index (Phi) is 5.96. The van der Waals surface area contributed by atoms with E-state index in [2.05, 4.69) is 11.4 Å². The normalized spacial score (nSPS) is 10.3. The molecule has 0 aliphatic carbocycles. The van der Waals surface area contributed by atoms with Crippen molar-refractivity contribution in [2.24, 2.45) is 0 Å². The fourth-order valence-electron chi connectivity index (χ4n) is 2.28. The molecule has 0 atom stereocenters. The summed E-state index contributed by atoms with van der Waals surface area (Å²) in [4.78, 5) is 0. The molecule has 5 heteroatoms. The molecule has 0 bridgehead atoms. The van der Waals surface area contributed by atoms with Crippen molar-refractivity contribution >= 4 is 17.4 Å². The van der Waals surface area contributed by atoms with E-state index < -0.39 is 0 Å². The van der Waals surface area contributed by atoms with E-state index in [0.29, 0.717) is 12.4 Å². The second kappa shape index (κ2) is 7.94. The largest absolute Gasteiger partial charge is 0.488 e. The van der Waals surface area contributed by atoms with E-state index in [0.717, 1.165) is 22.4 Å². The van der Waals surface area contributed by atoms with Crippen LogP contribution in [0.2, 0.25) is 0 Å². The Labute approximate surface area is 142 Å². The van der Waals surface area contributed by atoms with Crippen molar-refractivity contribution in [3.63, 3.8) is 0 Å². The Morgan fingerprint density at radius 3 is 2.61 bits per heavy atom. The predicted molar refractivity (Wildman–Crippen MR) is 94.9 cm³/mol. The van der Waals surface area contributed by atoms with Crippen molar-refractivity contribution in [1.29, 1.82) is 0 Å². The van der Waals surface area contributed by atoms with Gasteiger partial charge in [-0.15, -0.1) is 0 Å². The zero-order valence-corrected chi connectivity index (χ0v) is 14.4. The lowest BCUT2D eigenvalue weighted by molar-refractivity contribution is 0.266. The average Bonchev–Trinajstić information content (AvgIpc) is 2.54. The molecule has 0 heterocycles. The van der Waals surface area contributed by atoms with E-state index in [1.165, 1.54) is 5.56 Å². The highest BCUT2D eigenvalue weighted by atomic mass is 32.1. The molecule has 0 aliphatic heterocycles. The number of hydrogen-bond acceptors (Lipinski definition) is 4. The molecule has 2 aromatic rings. The molecule has 0 saturated heterocycles. The first-order chi connectivity index (χ1) is 11.0. The van der Waals surface area contributed by atoms with Crippen LogP contribution in [0.1, 0.15) is 22.3 Å². The number of thiocarbonyl (C=S) groups is 1. The summed E-state index contributed by atoms with van der Waals surface area (Å²) in [5, 5.41) is 12.6. The molecule has 0 aromatic heterocycles. The van der Waals surface area contributed by atoms with E-state index in [4.69, 9.17) is 21.7 Å². The van der Waals surface area contributed by atoms with Gasteiger partial charge in [0, 0.05) is 12.6 Å². The van der Waals surface area contributed by atoms with Crippen LogP contribution in [0.4, 0.5) is 0 Å². The predicted octanol–water partition coefficient (Wildman–Crippen LogP) is 3.26. The fraction of sp³-hybridized carbons (Fsp3) is 0.278. The van der Waals surface area contributed by atoms with Crippen molar-refractivity contribution in [2.75, 3.05) is 7.05 Å². The lowest BCUT2D eigenvalue weighted by Crippen LogP contribution is -2.22. The molecule has 0 amide bonds.